The third kappa shape index (κ3) is 4.40. The first-order valence-electron chi connectivity index (χ1n) is 5.02. The van der Waals surface area contributed by atoms with Gasteiger partial charge < -0.3 is 4.74 Å². The van der Waals surface area contributed by atoms with Crippen LogP contribution in [0.2, 0.25) is 0 Å². The lowest BCUT2D eigenvalue weighted by atomic mass is 10.2. The van der Waals surface area contributed by atoms with Gasteiger partial charge >= 0.3 is 5.97 Å². The van der Waals surface area contributed by atoms with Crippen LogP contribution >= 0.6 is 0 Å². The minimum atomic E-state index is -0.339. The summed E-state index contributed by atoms with van der Waals surface area (Å²) in [5.41, 5.74) is 0.393. The Morgan fingerprint density at radius 2 is 1.93 bits per heavy atom. The van der Waals surface area contributed by atoms with Gasteiger partial charge in [-0.2, -0.15) is 0 Å². The van der Waals surface area contributed by atoms with Crippen molar-refractivity contribution in [3.8, 4) is 5.75 Å². The number of hydrogen-bond acceptors (Lipinski definition) is 3. The van der Waals surface area contributed by atoms with Crippen molar-refractivity contribution >= 4 is 12.3 Å². The first kappa shape index (κ1) is 13.4. The fourth-order valence-electron chi connectivity index (χ4n) is 0.866. The summed E-state index contributed by atoms with van der Waals surface area (Å²) in [6.07, 6.45) is 0.964. The van der Waals surface area contributed by atoms with Crippen LogP contribution in [-0.2, 0) is 4.79 Å². The molecule has 1 rings (SSSR count). The number of ether oxygens (including phenoxy) is 1. The molecule has 0 amide bonds. The molecule has 0 atom stereocenters. The highest BCUT2D eigenvalue weighted by molar-refractivity contribution is 5.82. The van der Waals surface area contributed by atoms with E-state index in [9.17, 15) is 9.59 Å². The van der Waals surface area contributed by atoms with Crippen LogP contribution in [0.25, 0.3) is 0 Å². The maximum Gasteiger partial charge on any atom is 0.310 e. The summed E-state index contributed by atoms with van der Waals surface area (Å²) in [7, 11) is 0. The van der Waals surface area contributed by atoms with E-state index in [1.54, 1.807) is 31.2 Å². The third-order valence-electron chi connectivity index (χ3n) is 1.56. The summed E-state index contributed by atoms with van der Waals surface area (Å²) in [6.45, 7) is 5.70. The molecule has 0 N–H and O–H groups in total. The van der Waals surface area contributed by atoms with Crippen LogP contribution in [0.1, 0.15) is 37.6 Å². The predicted molar refractivity (Wildman–Crippen MR) is 59.1 cm³/mol. The van der Waals surface area contributed by atoms with Crippen LogP contribution in [0.4, 0.5) is 0 Å². The smallest absolute Gasteiger partial charge is 0.310 e. The number of rotatable bonds is 3. The number of carbonyl (C=O) groups excluding carboxylic acids is 2. The van der Waals surface area contributed by atoms with E-state index in [4.69, 9.17) is 4.74 Å². The number of esters is 1. The summed E-state index contributed by atoms with van der Waals surface area (Å²) in [5.74, 6) is -0.0151. The maximum absolute atomic E-state index is 10.9. The van der Waals surface area contributed by atoms with Crippen LogP contribution in [0, 0.1) is 0 Å². The van der Waals surface area contributed by atoms with Gasteiger partial charge in [0.05, 0.1) is 5.56 Å². The van der Waals surface area contributed by atoms with Crippen LogP contribution < -0.4 is 4.74 Å². The predicted octanol–water partition coefficient (Wildman–Crippen LogP) is 2.84. The summed E-state index contributed by atoms with van der Waals surface area (Å²) < 4.78 is 4.92. The number of carbonyl (C=O) groups is 2. The Balaban J connectivity index is 0.000000921. The minimum absolute atomic E-state index is 0.299. The Labute approximate surface area is 90.1 Å². The Morgan fingerprint density at radius 3 is 2.47 bits per heavy atom. The van der Waals surface area contributed by atoms with E-state index in [1.165, 1.54) is 0 Å². The fourth-order valence-corrected chi connectivity index (χ4v) is 0.866. The van der Waals surface area contributed by atoms with Gasteiger partial charge in [-0.05, 0) is 12.1 Å². The van der Waals surface area contributed by atoms with Crippen molar-refractivity contribution < 1.29 is 14.3 Å². The van der Waals surface area contributed by atoms with Crippen molar-refractivity contribution in [2.24, 2.45) is 0 Å². The number of hydrogen-bond donors (Lipinski definition) is 0. The van der Waals surface area contributed by atoms with E-state index in [0.29, 0.717) is 24.0 Å². The van der Waals surface area contributed by atoms with Crippen molar-refractivity contribution in [2.45, 2.75) is 27.2 Å². The van der Waals surface area contributed by atoms with Crippen molar-refractivity contribution in [3.05, 3.63) is 29.8 Å². The van der Waals surface area contributed by atoms with Crippen LogP contribution in [0.5, 0.6) is 5.75 Å². The van der Waals surface area contributed by atoms with Crippen LogP contribution in [-0.4, -0.2) is 12.3 Å². The van der Waals surface area contributed by atoms with Gasteiger partial charge in [0.1, 0.15) is 5.75 Å². The second-order valence-electron chi connectivity index (χ2n) is 2.48. The quantitative estimate of drug-likeness (QED) is 0.436. The standard InChI is InChI=1S/C10H10O3.C2H6/c1-2-10(12)13-9-6-4-3-5-8(9)7-11;1-2/h3-7H,2H2,1H3;1-2H3. The second-order valence-corrected chi connectivity index (χ2v) is 2.48. The second kappa shape index (κ2) is 7.74. The largest absolute Gasteiger partial charge is 0.426 e. The van der Waals surface area contributed by atoms with Gasteiger partial charge in [-0.15, -0.1) is 0 Å². The third-order valence-corrected chi connectivity index (χ3v) is 1.56. The topological polar surface area (TPSA) is 43.4 Å². The van der Waals surface area contributed by atoms with Crippen molar-refractivity contribution in [2.75, 3.05) is 0 Å². The van der Waals surface area contributed by atoms with Gasteiger partial charge in [0.2, 0.25) is 0 Å². The average molecular weight is 208 g/mol. The van der Waals surface area contributed by atoms with E-state index in [0.717, 1.165) is 0 Å². The van der Waals surface area contributed by atoms with Gasteiger partial charge in [-0.25, -0.2) is 0 Å². The fraction of sp³-hybridized carbons (Fsp3) is 0.333. The Bertz CT molecular complexity index is 318. The molecule has 0 heterocycles. The molecule has 0 aliphatic rings. The molecule has 0 saturated carbocycles. The van der Waals surface area contributed by atoms with E-state index in [1.807, 2.05) is 13.8 Å². The maximum atomic E-state index is 10.9. The molecule has 1 aromatic rings. The molecule has 0 aromatic heterocycles. The highest BCUT2D eigenvalue weighted by Crippen LogP contribution is 2.15. The molecular formula is C12H16O3. The van der Waals surface area contributed by atoms with E-state index in [-0.39, 0.29) is 5.97 Å². The first-order valence-corrected chi connectivity index (χ1v) is 5.02. The Kier molecular flexibility index (Phi) is 6.89. The SMILES string of the molecule is CC.CCC(=O)Oc1ccccc1C=O. The molecule has 3 heteroatoms. The molecule has 1 aromatic carbocycles. The van der Waals surface area contributed by atoms with Crippen molar-refractivity contribution in [1.29, 1.82) is 0 Å². The number of benzene rings is 1. The van der Waals surface area contributed by atoms with Crippen LogP contribution in [0.3, 0.4) is 0 Å². The lowest BCUT2D eigenvalue weighted by Gasteiger charge is -2.03. The molecule has 0 bridgehead atoms. The monoisotopic (exact) mass is 208 g/mol. The van der Waals surface area contributed by atoms with Gasteiger partial charge in [0.25, 0.3) is 0 Å². The lowest BCUT2D eigenvalue weighted by Crippen LogP contribution is -2.06. The van der Waals surface area contributed by atoms with E-state index >= 15 is 0 Å². The van der Waals surface area contributed by atoms with Gasteiger partial charge in [-0.1, -0.05) is 32.9 Å². The molecule has 3 nitrogen and oxygen atoms in total. The molecule has 0 fully saturated rings. The molecule has 0 saturated heterocycles. The zero-order valence-electron chi connectivity index (χ0n) is 9.32. The summed E-state index contributed by atoms with van der Waals surface area (Å²) in [5, 5.41) is 0. The van der Waals surface area contributed by atoms with E-state index < -0.39 is 0 Å². The molecule has 0 aliphatic carbocycles. The minimum Gasteiger partial charge on any atom is -0.426 e. The zero-order chi connectivity index (χ0) is 11.7. The Hall–Kier alpha value is -1.64. The molecule has 0 radical (unpaired) electrons. The number of aldehydes is 1. The highest BCUT2D eigenvalue weighted by Gasteiger charge is 2.05. The van der Waals surface area contributed by atoms with E-state index in [2.05, 4.69) is 0 Å². The van der Waals surface area contributed by atoms with Gasteiger partial charge in [0, 0.05) is 6.42 Å². The normalized spacial score (nSPS) is 8.47. The van der Waals surface area contributed by atoms with Gasteiger partial charge in [-0.3, -0.25) is 9.59 Å². The molecule has 0 aliphatic heterocycles. The summed E-state index contributed by atoms with van der Waals surface area (Å²) in [6, 6.07) is 6.63. The summed E-state index contributed by atoms with van der Waals surface area (Å²) >= 11 is 0. The van der Waals surface area contributed by atoms with Crippen LogP contribution in [0.15, 0.2) is 24.3 Å². The van der Waals surface area contributed by atoms with Gasteiger partial charge in [0.15, 0.2) is 6.29 Å². The molecular weight excluding hydrogens is 192 g/mol. The molecule has 0 spiro atoms. The first-order chi connectivity index (χ1) is 7.27. The molecule has 82 valence electrons. The summed E-state index contributed by atoms with van der Waals surface area (Å²) in [4.78, 5) is 21.4. The van der Waals surface area contributed by atoms with Crippen molar-refractivity contribution in [3.63, 3.8) is 0 Å². The lowest BCUT2D eigenvalue weighted by molar-refractivity contribution is -0.134. The number of para-hydroxylation sites is 1. The highest BCUT2D eigenvalue weighted by atomic mass is 16.5. The Morgan fingerprint density at radius 1 is 1.33 bits per heavy atom. The molecule has 15 heavy (non-hydrogen) atoms. The average Bonchev–Trinajstić information content (AvgIpc) is 2.32. The zero-order valence-corrected chi connectivity index (χ0v) is 9.32. The van der Waals surface area contributed by atoms with Crippen molar-refractivity contribution in [1.82, 2.24) is 0 Å². The molecule has 0 unspecified atom stereocenters.